The summed E-state index contributed by atoms with van der Waals surface area (Å²) in [6, 6.07) is 52.7. The maximum atomic E-state index is 6.01. The highest BCUT2D eigenvalue weighted by Crippen LogP contribution is 2.37. The molecule has 2 aromatic heterocycles. The molecule has 0 aliphatic heterocycles. The summed E-state index contributed by atoms with van der Waals surface area (Å²) in [4.78, 5) is 6.94. The lowest BCUT2D eigenvalue weighted by molar-refractivity contribution is 0.620. The van der Waals surface area contributed by atoms with Gasteiger partial charge in [0.15, 0.2) is 5.58 Å². The molecule has 0 aliphatic rings. The van der Waals surface area contributed by atoms with Crippen molar-refractivity contribution in [1.29, 1.82) is 0 Å². The Morgan fingerprint density at radius 2 is 1.02 bits per heavy atom. The lowest BCUT2D eigenvalue weighted by atomic mass is 10.1. The smallest absolute Gasteiger partial charge is 0.227 e. The van der Waals surface area contributed by atoms with Gasteiger partial charge in [0.05, 0.1) is 11.0 Å². The van der Waals surface area contributed by atoms with Crippen molar-refractivity contribution >= 4 is 50.0 Å². The van der Waals surface area contributed by atoms with Crippen LogP contribution in [0, 0.1) is 0 Å². The molecular formula is C37H25N3O. The van der Waals surface area contributed by atoms with Crippen LogP contribution in [0.15, 0.2) is 156 Å². The Bertz CT molecular complexity index is 2050. The summed E-state index contributed by atoms with van der Waals surface area (Å²) >= 11 is 0. The van der Waals surface area contributed by atoms with Crippen LogP contribution >= 0.6 is 0 Å². The first-order valence-electron chi connectivity index (χ1n) is 13.7. The molecule has 0 atom stereocenters. The number of nitrogens with zero attached hydrogens (tertiary/aromatic N) is 3. The minimum atomic E-state index is 0.625. The molecule has 0 fully saturated rings. The second-order valence-corrected chi connectivity index (χ2v) is 10.1. The van der Waals surface area contributed by atoms with Crippen molar-refractivity contribution in [2.45, 2.75) is 0 Å². The summed E-state index contributed by atoms with van der Waals surface area (Å²) in [7, 11) is 0. The lowest BCUT2D eigenvalue weighted by Crippen LogP contribution is -2.10. The highest BCUT2D eigenvalue weighted by atomic mass is 16.3. The van der Waals surface area contributed by atoms with Gasteiger partial charge in [-0.3, -0.25) is 0 Å². The van der Waals surface area contributed by atoms with Crippen LogP contribution in [0.2, 0.25) is 0 Å². The zero-order valence-corrected chi connectivity index (χ0v) is 22.2. The third-order valence-electron chi connectivity index (χ3n) is 7.63. The van der Waals surface area contributed by atoms with E-state index in [2.05, 4.69) is 136 Å². The van der Waals surface area contributed by atoms with E-state index in [1.54, 1.807) is 0 Å². The minimum Gasteiger partial charge on any atom is -0.436 e. The van der Waals surface area contributed by atoms with E-state index in [-0.39, 0.29) is 0 Å². The van der Waals surface area contributed by atoms with Crippen molar-refractivity contribution in [2.75, 3.05) is 4.90 Å². The standard InChI is InChI=1S/C37H25N3O/c1-2-10-27(11-3-1)39(28-20-18-26(19-21-28)37-38-33-14-6-9-17-36(33)41-37)29-22-24-30(25-23-29)40-34-15-7-4-12-31(34)32-13-5-8-16-35(32)40/h1-25H. The number of aromatic nitrogens is 2. The largest absolute Gasteiger partial charge is 0.436 e. The Hall–Kier alpha value is -5.61. The van der Waals surface area contributed by atoms with Gasteiger partial charge in [-0.05, 0) is 84.9 Å². The lowest BCUT2D eigenvalue weighted by Gasteiger charge is -2.26. The second kappa shape index (κ2) is 9.54. The molecule has 4 nitrogen and oxygen atoms in total. The van der Waals surface area contributed by atoms with Gasteiger partial charge in [-0.15, -0.1) is 0 Å². The number of fused-ring (bicyclic) bond motifs is 4. The van der Waals surface area contributed by atoms with Gasteiger partial charge in [-0.25, -0.2) is 4.98 Å². The predicted octanol–water partition coefficient (Wildman–Crippen LogP) is 10.1. The molecular weight excluding hydrogens is 502 g/mol. The number of benzene rings is 6. The van der Waals surface area contributed by atoms with E-state index in [1.165, 1.54) is 21.8 Å². The summed E-state index contributed by atoms with van der Waals surface area (Å²) in [5, 5.41) is 2.52. The molecule has 0 saturated heterocycles. The van der Waals surface area contributed by atoms with Crippen LogP contribution < -0.4 is 4.90 Å². The Labute approximate surface area is 237 Å². The van der Waals surface area contributed by atoms with Crippen molar-refractivity contribution in [3.8, 4) is 17.1 Å². The van der Waals surface area contributed by atoms with E-state index in [9.17, 15) is 0 Å². The second-order valence-electron chi connectivity index (χ2n) is 10.1. The molecule has 0 N–H and O–H groups in total. The Morgan fingerprint density at radius 1 is 0.488 bits per heavy atom. The van der Waals surface area contributed by atoms with E-state index < -0.39 is 0 Å². The van der Waals surface area contributed by atoms with Gasteiger partial charge in [-0.2, -0.15) is 0 Å². The molecule has 41 heavy (non-hydrogen) atoms. The molecule has 8 rings (SSSR count). The van der Waals surface area contributed by atoms with Gasteiger partial charge in [0, 0.05) is 39.1 Å². The third-order valence-corrected chi connectivity index (χ3v) is 7.63. The van der Waals surface area contributed by atoms with E-state index >= 15 is 0 Å². The molecule has 0 aliphatic carbocycles. The Morgan fingerprint density at radius 3 is 1.68 bits per heavy atom. The average Bonchev–Trinajstić information content (AvgIpc) is 3.62. The molecule has 0 radical (unpaired) electrons. The quantitative estimate of drug-likeness (QED) is 0.223. The zero-order valence-electron chi connectivity index (χ0n) is 22.2. The van der Waals surface area contributed by atoms with Gasteiger partial charge in [0.1, 0.15) is 5.52 Å². The summed E-state index contributed by atoms with van der Waals surface area (Å²) in [5.41, 5.74) is 9.36. The van der Waals surface area contributed by atoms with Crippen LogP contribution in [0.1, 0.15) is 0 Å². The zero-order chi connectivity index (χ0) is 27.2. The molecule has 194 valence electrons. The topological polar surface area (TPSA) is 34.2 Å². The summed E-state index contributed by atoms with van der Waals surface area (Å²) in [6.07, 6.45) is 0. The number of hydrogen-bond acceptors (Lipinski definition) is 3. The van der Waals surface area contributed by atoms with E-state index in [0.29, 0.717) is 5.89 Å². The first-order chi connectivity index (χ1) is 20.3. The van der Waals surface area contributed by atoms with Crippen LogP contribution in [0.25, 0.3) is 50.0 Å². The third kappa shape index (κ3) is 3.97. The molecule has 0 saturated carbocycles. The monoisotopic (exact) mass is 527 g/mol. The molecule has 8 aromatic rings. The average molecular weight is 528 g/mol. The van der Waals surface area contributed by atoms with Crippen molar-refractivity contribution in [3.05, 3.63) is 152 Å². The molecule has 0 unspecified atom stereocenters. The normalized spacial score (nSPS) is 11.4. The molecule has 2 heterocycles. The van der Waals surface area contributed by atoms with Crippen molar-refractivity contribution in [2.24, 2.45) is 0 Å². The fourth-order valence-electron chi connectivity index (χ4n) is 5.72. The van der Waals surface area contributed by atoms with Crippen molar-refractivity contribution < 1.29 is 4.42 Å². The summed E-state index contributed by atoms with van der Waals surface area (Å²) in [5.74, 6) is 0.625. The Kier molecular flexibility index (Phi) is 5.42. The van der Waals surface area contributed by atoms with Crippen LogP contribution in [-0.4, -0.2) is 9.55 Å². The van der Waals surface area contributed by atoms with Gasteiger partial charge in [0.25, 0.3) is 0 Å². The number of oxazole rings is 1. The number of hydrogen-bond donors (Lipinski definition) is 0. The predicted molar refractivity (Wildman–Crippen MR) is 168 cm³/mol. The first-order valence-corrected chi connectivity index (χ1v) is 13.7. The molecule has 0 spiro atoms. The SMILES string of the molecule is c1ccc(N(c2ccc(-c3nc4ccccc4o3)cc2)c2ccc(-n3c4ccccc4c4ccccc43)cc2)cc1. The number of anilines is 3. The molecule has 0 amide bonds. The molecule has 4 heteroatoms. The Balaban J connectivity index is 1.20. The fourth-order valence-corrected chi connectivity index (χ4v) is 5.72. The van der Waals surface area contributed by atoms with Crippen molar-refractivity contribution in [3.63, 3.8) is 0 Å². The number of para-hydroxylation sites is 5. The van der Waals surface area contributed by atoms with Gasteiger partial charge >= 0.3 is 0 Å². The molecule has 6 aromatic carbocycles. The van der Waals surface area contributed by atoms with Crippen LogP contribution in [0.3, 0.4) is 0 Å². The summed E-state index contributed by atoms with van der Waals surface area (Å²) in [6.45, 7) is 0. The van der Waals surface area contributed by atoms with Gasteiger partial charge in [0.2, 0.25) is 5.89 Å². The van der Waals surface area contributed by atoms with E-state index in [4.69, 9.17) is 4.42 Å². The van der Waals surface area contributed by atoms with Crippen LogP contribution in [0.5, 0.6) is 0 Å². The highest BCUT2D eigenvalue weighted by Gasteiger charge is 2.16. The maximum Gasteiger partial charge on any atom is 0.227 e. The number of rotatable bonds is 5. The first kappa shape index (κ1) is 23.3. The minimum absolute atomic E-state index is 0.625. The van der Waals surface area contributed by atoms with Gasteiger partial charge < -0.3 is 13.9 Å². The van der Waals surface area contributed by atoms with Crippen molar-refractivity contribution in [1.82, 2.24) is 9.55 Å². The van der Waals surface area contributed by atoms with Crippen LogP contribution in [0.4, 0.5) is 17.1 Å². The molecule has 0 bridgehead atoms. The van der Waals surface area contributed by atoms with E-state index in [0.717, 1.165) is 39.4 Å². The van der Waals surface area contributed by atoms with E-state index in [1.807, 2.05) is 30.3 Å². The van der Waals surface area contributed by atoms with Gasteiger partial charge in [-0.1, -0.05) is 66.7 Å². The highest BCUT2D eigenvalue weighted by molar-refractivity contribution is 6.09. The van der Waals surface area contributed by atoms with Crippen LogP contribution in [-0.2, 0) is 0 Å². The fraction of sp³-hybridized carbons (Fsp3) is 0. The summed E-state index contributed by atoms with van der Waals surface area (Å²) < 4.78 is 8.35. The maximum absolute atomic E-state index is 6.01.